The summed E-state index contributed by atoms with van der Waals surface area (Å²) in [4.78, 5) is 0. The largest absolute Gasteiger partial charge is 0.398 e. The predicted octanol–water partition coefficient (Wildman–Crippen LogP) is 2.99. The van der Waals surface area contributed by atoms with Gasteiger partial charge in [0.2, 0.25) is 0 Å². The summed E-state index contributed by atoms with van der Waals surface area (Å²) in [5.41, 5.74) is 1.69. The molecule has 0 fully saturated rings. The molecule has 76 valence electrons. The second-order valence-electron chi connectivity index (χ2n) is 3.08. The maximum Gasteiger partial charge on any atom is 0.00516 e. The van der Waals surface area contributed by atoms with E-state index < -0.39 is 0 Å². The fraction of sp³-hybridized carbons (Fsp3) is 0. The number of aliphatic hydroxyl groups is 1. The molecule has 0 radical (unpaired) electrons. The number of rotatable bonds is 2. The standard InChI is InChI=1S/C13H11O.Sm/c14-13(11-7-3-1-4-8-11)12-9-5-2-6-10-12;/h1-10,14H;/q-1;. The van der Waals surface area contributed by atoms with E-state index in [4.69, 9.17) is 0 Å². The molecule has 1 nitrogen and oxygen atoms in total. The Bertz CT molecular complexity index is 346. The quantitative estimate of drug-likeness (QED) is 0.838. The van der Waals surface area contributed by atoms with E-state index in [1.165, 1.54) is 0 Å². The number of hydrogen-bond donors (Lipinski definition) is 1. The SMILES string of the molecule is O[C-](c1ccccc1)c1ccccc1.[Sm]. The smallest absolute Gasteiger partial charge is 0.00516 e. The first-order chi connectivity index (χ1) is 6.88. The summed E-state index contributed by atoms with van der Waals surface area (Å²) in [6, 6.07) is 19.1. The van der Waals surface area contributed by atoms with Crippen LogP contribution in [0.5, 0.6) is 0 Å². The molecule has 0 aliphatic rings. The molecule has 2 aromatic rings. The van der Waals surface area contributed by atoms with Crippen LogP contribution in [0, 0.1) is 46.5 Å². The molecule has 2 rings (SSSR count). The molecule has 0 spiro atoms. The van der Waals surface area contributed by atoms with Gasteiger partial charge in [0.15, 0.2) is 0 Å². The Hall–Kier alpha value is -0.392. The van der Waals surface area contributed by atoms with Crippen molar-refractivity contribution in [3.63, 3.8) is 0 Å². The second-order valence-corrected chi connectivity index (χ2v) is 3.08. The van der Waals surface area contributed by atoms with Gasteiger partial charge in [-0.15, -0.1) is 24.3 Å². The Labute approximate surface area is 122 Å². The average Bonchev–Trinajstić information content (AvgIpc) is 2.30. The van der Waals surface area contributed by atoms with E-state index in [9.17, 15) is 5.11 Å². The fourth-order valence-electron chi connectivity index (χ4n) is 1.36. The molecule has 0 aliphatic carbocycles. The van der Waals surface area contributed by atoms with Gasteiger partial charge in [-0.25, -0.2) is 0 Å². The summed E-state index contributed by atoms with van der Waals surface area (Å²) in [6.07, 6.45) is 0.325. The van der Waals surface area contributed by atoms with Crippen molar-refractivity contribution >= 4 is 0 Å². The van der Waals surface area contributed by atoms with Gasteiger partial charge in [-0.3, -0.25) is 0 Å². The van der Waals surface area contributed by atoms with E-state index in [1.807, 2.05) is 60.7 Å². The van der Waals surface area contributed by atoms with Crippen LogP contribution in [0.2, 0.25) is 0 Å². The van der Waals surface area contributed by atoms with Crippen molar-refractivity contribution in [1.82, 2.24) is 0 Å². The van der Waals surface area contributed by atoms with Gasteiger partial charge >= 0.3 is 0 Å². The monoisotopic (exact) mass is 335 g/mol. The Morgan fingerprint density at radius 1 is 0.667 bits per heavy atom. The third kappa shape index (κ3) is 3.29. The van der Waals surface area contributed by atoms with Crippen LogP contribution in [0.25, 0.3) is 0 Å². The maximum atomic E-state index is 9.91. The van der Waals surface area contributed by atoms with Gasteiger partial charge in [-0.1, -0.05) is 47.5 Å². The van der Waals surface area contributed by atoms with Gasteiger partial charge in [0.25, 0.3) is 0 Å². The molecule has 0 heterocycles. The minimum absolute atomic E-state index is 0. The predicted molar refractivity (Wildman–Crippen MR) is 56.3 cm³/mol. The van der Waals surface area contributed by atoms with Crippen molar-refractivity contribution < 1.29 is 45.5 Å². The zero-order valence-corrected chi connectivity index (χ0v) is 10.7. The summed E-state index contributed by atoms with van der Waals surface area (Å²) >= 11 is 0. The van der Waals surface area contributed by atoms with Crippen molar-refractivity contribution in [2.24, 2.45) is 0 Å². The Morgan fingerprint density at radius 2 is 1.00 bits per heavy atom. The molecule has 0 bridgehead atoms. The molecule has 2 heteroatoms. The summed E-state index contributed by atoms with van der Waals surface area (Å²) in [7, 11) is 0. The van der Waals surface area contributed by atoms with Crippen LogP contribution in [0.15, 0.2) is 60.7 Å². The van der Waals surface area contributed by atoms with Gasteiger partial charge < -0.3 is 5.11 Å². The third-order valence-electron chi connectivity index (χ3n) is 2.09. The van der Waals surface area contributed by atoms with Crippen molar-refractivity contribution in [1.29, 1.82) is 0 Å². The van der Waals surface area contributed by atoms with E-state index in [0.29, 0.717) is 6.10 Å². The van der Waals surface area contributed by atoms with E-state index in [2.05, 4.69) is 0 Å². The van der Waals surface area contributed by atoms with Gasteiger partial charge in [0.1, 0.15) is 0 Å². The number of aliphatic hydroxyl groups excluding tert-OH is 1. The first-order valence-corrected chi connectivity index (χ1v) is 4.54. The minimum atomic E-state index is 0. The molecule has 0 atom stereocenters. The molecule has 0 aliphatic heterocycles. The average molecular weight is 334 g/mol. The van der Waals surface area contributed by atoms with Crippen molar-refractivity contribution in [2.75, 3.05) is 0 Å². The van der Waals surface area contributed by atoms with Gasteiger partial charge in [0, 0.05) is 46.5 Å². The second kappa shape index (κ2) is 6.25. The van der Waals surface area contributed by atoms with E-state index in [0.717, 1.165) is 11.1 Å². The maximum absolute atomic E-state index is 9.91. The van der Waals surface area contributed by atoms with Crippen LogP contribution in [0.3, 0.4) is 0 Å². The summed E-state index contributed by atoms with van der Waals surface area (Å²) in [5, 5.41) is 9.91. The molecule has 0 amide bonds. The fourth-order valence-corrected chi connectivity index (χ4v) is 1.36. The van der Waals surface area contributed by atoms with E-state index in [-0.39, 0.29) is 40.4 Å². The molecule has 0 saturated carbocycles. The zero-order chi connectivity index (χ0) is 9.80. The van der Waals surface area contributed by atoms with Crippen LogP contribution < -0.4 is 0 Å². The van der Waals surface area contributed by atoms with E-state index in [1.54, 1.807) is 0 Å². The summed E-state index contributed by atoms with van der Waals surface area (Å²) in [5.74, 6) is 0. The third-order valence-corrected chi connectivity index (χ3v) is 2.09. The van der Waals surface area contributed by atoms with Crippen LogP contribution in [0.4, 0.5) is 0 Å². The van der Waals surface area contributed by atoms with Crippen molar-refractivity contribution in [3.8, 4) is 0 Å². The molecule has 0 unspecified atom stereocenters. The number of hydrogen-bond acceptors (Lipinski definition) is 1. The minimum Gasteiger partial charge on any atom is -0.398 e. The van der Waals surface area contributed by atoms with E-state index >= 15 is 0 Å². The summed E-state index contributed by atoms with van der Waals surface area (Å²) < 4.78 is 0. The van der Waals surface area contributed by atoms with Crippen LogP contribution in [0.1, 0.15) is 11.1 Å². The van der Waals surface area contributed by atoms with Crippen LogP contribution >= 0.6 is 0 Å². The summed E-state index contributed by atoms with van der Waals surface area (Å²) in [6.45, 7) is 0. The number of benzene rings is 2. The van der Waals surface area contributed by atoms with Crippen molar-refractivity contribution in [3.05, 3.63) is 77.9 Å². The Morgan fingerprint density at radius 3 is 1.33 bits per heavy atom. The van der Waals surface area contributed by atoms with Crippen LogP contribution in [-0.4, -0.2) is 5.11 Å². The topological polar surface area (TPSA) is 20.2 Å². The first kappa shape index (κ1) is 12.7. The first-order valence-electron chi connectivity index (χ1n) is 4.54. The van der Waals surface area contributed by atoms with Gasteiger partial charge in [-0.05, 0) is 0 Å². The van der Waals surface area contributed by atoms with Gasteiger partial charge in [-0.2, -0.15) is 0 Å². The Kier molecular flexibility index (Phi) is 5.28. The molecule has 2 aromatic carbocycles. The zero-order valence-electron chi connectivity index (χ0n) is 8.13. The molecular weight excluding hydrogens is 323 g/mol. The van der Waals surface area contributed by atoms with Crippen molar-refractivity contribution in [2.45, 2.75) is 0 Å². The molecule has 0 aromatic heterocycles. The molecular formula is C13H11OSm-. The molecule has 0 saturated heterocycles. The molecule has 15 heavy (non-hydrogen) atoms. The Balaban J connectivity index is 0.00000112. The van der Waals surface area contributed by atoms with Gasteiger partial charge in [0.05, 0.1) is 0 Å². The normalized spacial score (nSPS) is 9.13. The molecule has 1 N–H and O–H groups in total. The van der Waals surface area contributed by atoms with Crippen LogP contribution in [-0.2, 0) is 0 Å².